The molecule has 2 amide bonds. The van der Waals surface area contributed by atoms with Crippen molar-refractivity contribution in [2.75, 3.05) is 26.8 Å². The number of nitrogens with zero attached hydrogens (tertiary/aromatic N) is 1. The molecule has 9 nitrogen and oxygen atoms in total. The van der Waals surface area contributed by atoms with Crippen molar-refractivity contribution in [3.05, 3.63) is 47.3 Å². The first-order valence-electron chi connectivity index (χ1n) is 9.27. The third kappa shape index (κ3) is 5.36. The lowest BCUT2D eigenvalue weighted by Crippen LogP contribution is -2.52. The molecule has 1 aromatic carbocycles. The molecule has 11 heteroatoms. The van der Waals surface area contributed by atoms with E-state index in [-0.39, 0.29) is 23.8 Å². The normalized spacial score (nSPS) is 17.3. The summed E-state index contributed by atoms with van der Waals surface area (Å²) in [6.07, 6.45) is -0.318. The van der Waals surface area contributed by atoms with Gasteiger partial charge >= 0.3 is 11.8 Å². The van der Waals surface area contributed by atoms with Gasteiger partial charge in [0.2, 0.25) is 0 Å². The highest BCUT2D eigenvalue weighted by Gasteiger charge is 2.35. The number of hydrogen-bond acceptors (Lipinski definition) is 7. The minimum Gasteiger partial charge on any atom is -0.497 e. The van der Waals surface area contributed by atoms with Crippen LogP contribution in [0.1, 0.15) is 12.0 Å². The van der Waals surface area contributed by atoms with Crippen molar-refractivity contribution < 1.29 is 27.5 Å². The molecule has 30 heavy (non-hydrogen) atoms. The molecule has 1 atom stereocenters. The summed E-state index contributed by atoms with van der Waals surface area (Å²) in [4.78, 5) is 24.2. The van der Waals surface area contributed by atoms with Crippen LogP contribution in [0, 0.1) is 0 Å². The van der Waals surface area contributed by atoms with E-state index < -0.39 is 28.1 Å². The molecule has 0 unspecified atom stereocenters. The van der Waals surface area contributed by atoms with Crippen LogP contribution >= 0.6 is 11.3 Å². The van der Waals surface area contributed by atoms with Gasteiger partial charge in [-0.15, -0.1) is 11.3 Å². The van der Waals surface area contributed by atoms with E-state index >= 15 is 0 Å². The van der Waals surface area contributed by atoms with E-state index in [4.69, 9.17) is 9.47 Å². The van der Waals surface area contributed by atoms with Crippen molar-refractivity contribution in [3.8, 4) is 5.75 Å². The Hall–Kier alpha value is -2.47. The van der Waals surface area contributed by atoms with Gasteiger partial charge in [0.1, 0.15) is 16.2 Å². The highest BCUT2D eigenvalue weighted by Crippen LogP contribution is 2.25. The Kier molecular flexibility index (Phi) is 7.43. The van der Waals surface area contributed by atoms with Crippen molar-refractivity contribution in [2.45, 2.75) is 23.4 Å². The first-order chi connectivity index (χ1) is 14.4. The van der Waals surface area contributed by atoms with E-state index in [2.05, 4.69) is 10.6 Å². The summed E-state index contributed by atoms with van der Waals surface area (Å²) in [6.45, 7) is 0.708. The molecule has 1 saturated heterocycles. The second-order valence-electron chi connectivity index (χ2n) is 6.47. The lowest BCUT2D eigenvalue weighted by Gasteiger charge is -2.34. The van der Waals surface area contributed by atoms with Crippen molar-refractivity contribution in [1.82, 2.24) is 14.9 Å². The zero-order valence-corrected chi connectivity index (χ0v) is 18.0. The predicted octanol–water partition coefficient (Wildman–Crippen LogP) is 0.926. The number of methoxy groups -OCH3 is 1. The zero-order chi connectivity index (χ0) is 21.6. The van der Waals surface area contributed by atoms with Gasteiger partial charge in [-0.3, -0.25) is 9.59 Å². The van der Waals surface area contributed by atoms with Gasteiger partial charge in [0, 0.05) is 13.1 Å². The molecule has 162 valence electrons. The Labute approximate surface area is 179 Å². The van der Waals surface area contributed by atoms with Crippen LogP contribution in [0.3, 0.4) is 0 Å². The number of benzene rings is 1. The minimum absolute atomic E-state index is 0.126. The molecule has 1 fully saturated rings. The molecule has 1 aliphatic rings. The van der Waals surface area contributed by atoms with Crippen LogP contribution in [-0.4, -0.2) is 57.6 Å². The molecule has 0 radical (unpaired) electrons. The smallest absolute Gasteiger partial charge is 0.309 e. The third-order valence-electron chi connectivity index (χ3n) is 4.47. The van der Waals surface area contributed by atoms with Crippen LogP contribution in [0.25, 0.3) is 0 Å². The van der Waals surface area contributed by atoms with Crippen LogP contribution in [-0.2, 0) is 30.9 Å². The van der Waals surface area contributed by atoms with Gasteiger partial charge < -0.3 is 20.1 Å². The average molecular weight is 454 g/mol. The molecule has 3 rings (SSSR count). The van der Waals surface area contributed by atoms with E-state index in [0.717, 1.165) is 16.9 Å². The Morgan fingerprint density at radius 2 is 1.93 bits per heavy atom. The Morgan fingerprint density at radius 1 is 1.20 bits per heavy atom. The quantitative estimate of drug-likeness (QED) is 0.603. The van der Waals surface area contributed by atoms with Crippen LogP contribution in [0.15, 0.2) is 46.0 Å². The molecule has 2 heterocycles. The van der Waals surface area contributed by atoms with Gasteiger partial charge in [0.05, 0.1) is 20.3 Å². The fraction of sp³-hybridized carbons (Fsp3) is 0.368. The van der Waals surface area contributed by atoms with Gasteiger partial charge in [-0.1, -0.05) is 18.2 Å². The van der Waals surface area contributed by atoms with E-state index in [1.54, 1.807) is 42.8 Å². The minimum atomic E-state index is -3.72. The van der Waals surface area contributed by atoms with Gasteiger partial charge in [-0.05, 0) is 35.6 Å². The maximum atomic E-state index is 12.8. The molecule has 0 aliphatic carbocycles. The van der Waals surface area contributed by atoms with Gasteiger partial charge in [-0.2, -0.15) is 4.31 Å². The highest BCUT2D eigenvalue weighted by atomic mass is 32.2. The number of rotatable bonds is 7. The summed E-state index contributed by atoms with van der Waals surface area (Å²) in [5.41, 5.74) is 0.806. The predicted molar refractivity (Wildman–Crippen MR) is 110 cm³/mol. The summed E-state index contributed by atoms with van der Waals surface area (Å²) in [5.74, 6) is -0.974. The molecular weight excluding hydrogens is 430 g/mol. The Balaban J connectivity index is 1.53. The average Bonchev–Trinajstić information content (AvgIpc) is 3.32. The summed E-state index contributed by atoms with van der Waals surface area (Å²) < 4.78 is 37.6. The summed E-state index contributed by atoms with van der Waals surface area (Å²) >= 11 is 1.12. The van der Waals surface area contributed by atoms with Gasteiger partial charge in [0.25, 0.3) is 10.0 Å². The largest absolute Gasteiger partial charge is 0.497 e. The van der Waals surface area contributed by atoms with E-state index in [1.807, 2.05) is 0 Å². The van der Waals surface area contributed by atoms with Crippen LogP contribution in [0.2, 0.25) is 0 Å². The topological polar surface area (TPSA) is 114 Å². The molecule has 0 bridgehead atoms. The maximum absolute atomic E-state index is 12.8. The molecule has 0 spiro atoms. The Morgan fingerprint density at radius 3 is 2.60 bits per heavy atom. The maximum Gasteiger partial charge on any atom is 0.309 e. The molecular formula is C19H23N3O6S2. The number of nitrogens with one attached hydrogen (secondary N) is 2. The fourth-order valence-electron chi connectivity index (χ4n) is 2.89. The van der Waals surface area contributed by atoms with Crippen molar-refractivity contribution >= 4 is 33.2 Å². The second kappa shape index (κ2) is 10.0. The second-order valence-corrected chi connectivity index (χ2v) is 9.53. The monoisotopic (exact) mass is 453 g/mol. The van der Waals surface area contributed by atoms with Gasteiger partial charge in [-0.25, -0.2) is 8.42 Å². The van der Waals surface area contributed by atoms with Gasteiger partial charge in [0.15, 0.2) is 0 Å². The molecule has 2 aromatic rings. The van der Waals surface area contributed by atoms with Crippen LogP contribution < -0.4 is 15.4 Å². The van der Waals surface area contributed by atoms with Crippen LogP contribution in [0.5, 0.6) is 5.75 Å². The van der Waals surface area contributed by atoms with Crippen molar-refractivity contribution in [3.63, 3.8) is 0 Å². The Bertz CT molecular complexity index is 961. The molecule has 1 aliphatic heterocycles. The standard InChI is InChI=1S/C19H23N3O6S2/c1-27-15-7-5-14(6-8-15)12-20-18(23)19(24)21-13-16-22(9-3-10-28-16)30(25,26)17-4-2-11-29-17/h2,4-8,11,16H,3,9-10,12-13H2,1H3,(H,20,23)(H,21,24)/t16-/m0/s1. The first kappa shape index (κ1) is 22.2. The molecule has 1 aromatic heterocycles. The number of thiophene rings is 1. The number of amides is 2. The highest BCUT2D eigenvalue weighted by molar-refractivity contribution is 7.91. The molecule has 0 saturated carbocycles. The number of sulfonamides is 1. The summed E-state index contributed by atoms with van der Waals surface area (Å²) in [6, 6.07) is 10.2. The third-order valence-corrected chi connectivity index (χ3v) is 7.73. The summed E-state index contributed by atoms with van der Waals surface area (Å²) in [7, 11) is -2.16. The SMILES string of the molecule is COc1ccc(CNC(=O)C(=O)NC[C@@H]2OCCCN2S(=O)(=O)c2cccs2)cc1. The van der Waals surface area contributed by atoms with E-state index in [0.29, 0.717) is 18.8 Å². The van der Waals surface area contributed by atoms with Crippen molar-refractivity contribution in [1.29, 1.82) is 0 Å². The van der Waals surface area contributed by atoms with E-state index in [9.17, 15) is 18.0 Å². The number of hydrogen-bond donors (Lipinski definition) is 2. The first-order valence-corrected chi connectivity index (χ1v) is 11.6. The van der Waals surface area contributed by atoms with Crippen molar-refractivity contribution in [2.24, 2.45) is 0 Å². The summed E-state index contributed by atoms with van der Waals surface area (Å²) in [5, 5.41) is 6.66. The number of ether oxygens (including phenoxy) is 2. The number of carbonyl (C=O) groups excluding carboxylic acids is 2. The van der Waals surface area contributed by atoms with Crippen LogP contribution in [0.4, 0.5) is 0 Å². The zero-order valence-electron chi connectivity index (χ0n) is 16.4. The van der Waals surface area contributed by atoms with E-state index in [1.165, 1.54) is 10.4 Å². The fourth-order valence-corrected chi connectivity index (χ4v) is 5.58. The lowest BCUT2D eigenvalue weighted by molar-refractivity contribution is -0.140. The molecule has 2 N–H and O–H groups in total. The number of carbonyl (C=O) groups is 2. The lowest BCUT2D eigenvalue weighted by atomic mass is 10.2.